The molecule has 154 valence electrons. The average Bonchev–Trinajstić information content (AvgIpc) is 3.19. The van der Waals surface area contributed by atoms with Gasteiger partial charge in [-0.15, -0.1) is 5.10 Å². The summed E-state index contributed by atoms with van der Waals surface area (Å²) in [5, 5.41) is 12.9. The van der Waals surface area contributed by atoms with E-state index in [0.29, 0.717) is 5.75 Å². The van der Waals surface area contributed by atoms with Crippen molar-refractivity contribution in [3.8, 4) is 11.5 Å². The first-order valence-electron chi connectivity index (χ1n) is 9.84. The molecular weight excluding hydrogens is 356 g/mol. The monoisotopic (exact) mass is 388 g/mol. The van der Waals surface area contributed by atoms with Crippen LogP contribution in [0.4, 0.5) is 0 Å². The number of aromatic nitrogens is 4. The molecular formula is C20H32N6O2. The fourth-order valence-electron chi connectivity index (χ4n) is 3.57. The lowest BCUT2D eigenvalue weighted by molar-refractivity contribution is 0.117. The summed E-state index contributed by atoms with van der Waals surface area (Å²) in [6.07, 6.45) is 0.937. The predicted octanol–water partition coefficient (Wildman–Crippen LogP) is 2.17. The zero-order valence-electron chi connectivity index (χ0n) is 17.8. The molecule has 0 amide bonds. The van der Waals surface area contributed by atoms with Crippen molar-refractivity contribution in [2.24, 2.45) is 0 Å². The zero-order valence-corrected chi connectivity index (χ0v) is 17.8. The van der Waals surface area contributed by atoms with E-state index < -0.39 is 0 Å². The minimum atomic E-state index is -0.166. The molecule has 0 N–H and O–H groups in total. The first kappa shape index (κ1) is 20.5. The Morgan fingerprint density at radius 2 is 1.75 bits per heavy atom. The summed E-state index contributed by atoms with van der Waals surface area (Å²) < 4.78 is 13.0. The van der Waals surface area contributed by atoms with Gasteiger partial charge in [0.1, 0.15) is 0 Å². The van der Waals surface area contributed by atoms with Crippen LogP contribution in [-0.2, 0) is 5.54 Å². The first-order chi connectivity index (χ1) is 13.4. The fourth-order valence-corrected chi connectivity index (χ4v) is 3.57. The van der Waals surface area contributed by atoms with Crippen LogP contribution in [0, 0.1) is 0 Å². The summed E-state index contributed by atoms with van der Waals surface area (Å²) in [6, 6.07) is 6.03. The molecule has 0 saturated carbocycles. The molecule has 0 radical (unpaired) electrons. The summed E-state index contributed by atoms with van der Waals surface area (Å²) in [7, 11) is 5.48. The van der Waals surface area contributed by atoms with Gasteiger partial charge in [0.25, 0.3) is 0 Å². The van der Waals surface area contributed by atoms with Crippen LogP contribution < -0.4 is 9.47 Å². The van der Waals surface area contributed by atoms with Crippen molar-refractivity contribution in [1.82, 2.24) is 30.0 Å². The Kier molecular flexibility index (Phi) is 6.20. The van der Waals surface area contributed by atoms with Gasteiger partial charge in [-0.1, -0.05) is 13.0 Å². The minimum Gasteiger partial charge on any atom is -0.493 e. The van der Waals surface area contributed by atoms with E-state index in [1.807, 2.05) is 16.8 Å². The quantitative estimate of drug-likeness (QED) is 0.720. The van der Waals surface area contributed by atoms with E-state index in [9.17, 15) is 0 Å². The van der Waals surface area contributed by atoms with Crippen molar-refractivity contribution in [3.05, 3.63) is 29.6 Å². The molecule has 1 aromatic heterocycles. The molecule has 0 bridgehead atoms. The lowest BCUT2D eigenvalue weighted by atomic mass is 9.98. The van der Waals surface area contributed by atoms with Gasteiger partial charge < -0.3 is 14.4 Å². The maximum absolute atomic E-state index is 5.56. The van der Waals surface area contributed by atoms with E-state index in [2.05, 4.69) is 59.2 Å². The van der Waals surface area contributed by atoms with Gasteiger partial charge in [0.2, 0.25) is 0 Å². The molecule has 1 aliphatic rings. The molecule has 0 spiro atoms. The first-order valence-corrected chi connectivity index (χ1v) is 9.84. The molecule has 8 heteroatoms. The summed E-state index contributed by atoms with van der Waals surface area (Å²) in [5.74, 6) is 2.30. The van der Waals surface area contributed by atoms with Crippen molar-refractivity contribution >= 4 is 0 Å². The highest BCUT2D eigenvalue weighted by molar-refractivity contribution is 5.45. The Balaban J connectivity index is 2.08. The largest absolute Gasteiger partial charge is 0.493 e. The standard InChI is InChI=1S/C20H32N6O2/c1-7-20(2,3)26-19(21-22-23-26)18(25-12-10-24(4)11-13-25)15-8-9-16(27-5)17(14-15)28-6/h8-9,14,18H,7,10-13H2,1-6H3. The van der Waals surface area contributed by atoms with E-state index in [1.165, 1.54) is 0 Å². The number of nitrogens with zero attached hydrogens (tertiary/aromatic N) is 6. The molecule has 1 fully saturated rings. The number of likely N-dealkylation sites (N-methyl/N-ethyl adjacent to an activating group) is 1. The number of ether oxygens (including phenoxy) is 2. The Hall–Kier alpha value is -2.19. The molecule has 0 aliphatic carbocycles. The van der Waals surface area contributed by atoms with Crippen LogP contribution in [0.25, 0.3) is 0 Å². The molecule has 3 rings (SSSR count). The SMILES string of the molecule is CCC(C)(C)n1nnnc1C(c1ccc(OC)c(OC)c1)N1CCN(C)CC1. The number of hydrogen-bond donors (Lipinski definition) is 0. The molecule has 28 heavy (non-hydrogen) atoms. The smallest absolute Gasteiger partial charge is 0.173 e. The maximum Gasteiger partial charge on any atom is 0.173 e. The van der Waals surface area contributed by atoms with E-state index in [4.69, 9.17) is 9.47 Å². The van der Waals surface area contributed by atoms with Gasteiger partial charge in [0.05, 0.1) is 25.8 Å². The van der Waals surface area contributed by atoms with Crippen molar-refractivity contribution < 1.29 is 9.47 Å². The van der Waals surface area contributed by atoms with Crippen LogP contribution >= 0.6 is 0 Å². The predicted molar refractivity (Wildman–Crippen MR) is 108 cm³/mol. The number of hydrogen-bond acceptors (Lipinski definition) is 7. The Labute approximate surface area is 167 Å². The molecule has 2 heterocycles. The van der Waals surface area contributed by atoms with Crippen LogP contribution in [0.15, 0.2) is 18.2 Å². The number of piperazine rings is 1. The topological polar surface area (TPSA) is 68.5 Å². The van der Waals surface area contributed by atoms with Gasteiger partial charge in [0, 0.05) is 26.2 Å². The second-order valence-electron chi connectivity index (χ2n) is 7.97. The summed E-state index contributed by atoms with van der Waals surface area (Å²) in [5.41, 5.74) is 0.936. The molecule has 8 nitrogen and oxygen atoms in total. The van der Waals surface area contributed by atoms with Gasteiger partial charge in [-0.25, -0.2) is 4.68 Å². The van der Waals surface area contributed by atoms with Crippen LogP contribution in [-0.4, -0.2) is 77.5 Å². The maximum atomic E-state index is 5.56. The van der Waals surface area contributed by atoms with Crippen LogP contribution in [0.3, 0.4) is 0 Å². The van der Waals surface area contributed by atoms with Gasteiger partial charge in [0.15, 0.2) is 17.3 Å². The Morgan fingerprint density at radius 1 is 1.07 bits per heavy atom. The van der Waals surface area contributed by atoms with Crippen LogP contribution in [0.5, 0.6) is 11.5 Å². The molecule has 1 atom stereocenters. The highest BCUT2D eigenvalue weighted by atomic mass is 16.5. The highest BCUT2D eigenvalue weighted by Gasteiger charge is 2.34. The van der Waals surface area contributed by atoms with Crippen molar-refractivity contribution in [1.29, 1.82) is 0 Å². The lowest BCUT2D eigenvalue weighted by Gasteiger charge is -2.38. The van der Waals surface area contributed by atoms with Crippen LogP contribution in [0.1, 0.15) is 44.6 Å². The van der Waals surface area contributed by atoms with Gasteiger partial charge in [-0.2, -0.15) is 0 Å². The second kappa shape index (κ2) is 8.45. The molecule has 1 saturated heterocycles. The fraction of sp³-hybridized carbons (Fsp3) is 0.650. The molecule has 1 aromatic carbocycles. The normalized spacial score (nSPS) is 17.5. The summed E-state index contributed by atoms with van der Waals surface area (Å²) in [4.78, 5) is 4.80. The molecule has 1 unspecified atom stereocenters. The summed E-state index contributed by atoms with van der Waals surface area (Å²) >= 11 is 0. The molecule has 2 aromatic rings. The van der Waals surface area contributed by atoms with Gasteiger partial charge >= 0.3 is 0 Å². The van der Waals surface area contributed by atoms with E-state index in [0.717, 1.165) is 49.7 Å². The third kappa shape index (κ3) is 3.98. The molecule has 1 aliphatic heterocycles. The zero-order chi connectivity index (χ0) is 20.3. The van der Waals surface area contributed by atoms with E-state index >= 15 is 0 Å². The number of rotatable bonds is 7. The Morgan fingerprint density at radius 3 is 2.36 bits per heavy atom. The number of methoxy groups -OCH3 is 2. The van der Waals surface area contributed by atoms with Crippen molar-refractivity contribution in [2.45, 2.75) is 38.8 Å². The van der Waals surface area contributed by atoms with Crippen molar-refractivity contribution in [2.75, 3.05) is 47.4 Å². The van der Waals surface area contributed by atoms with Gasteiger partial charge in [-0.05, 0) is 55.4 Å². The van der Waals surface area contributed by atoms with E-state index in [1.54, 1.807) is 14.2 Å². The Bertz CT molecular complexity index is 783. The average molecular weight is 389 g/mol. The van der Waals surface area contributed by atoms with E-state index in [-0.39, 0.29) is 11.6 Å². The number of benzene rings is 1. The summed E-state index contributed by atoms with van der Waals surface area (Å²) in [6.45, 7) is 10.4. The van der Waals surface area contributed by atoms with Crippen molar-refractivity contribution in [3.63, 3.8) is 0 Å². The number of tetrazole rings is 1. The third-order valence-electron chi connectivity index (χ3n) is 5.80. The van der Waals surface area contributed by atoms with Crippen LogP contribution in [0.2, 0.25) is 0 Å². The highest BCUT2D eigenvalue weighted by Crippen LogP contribution is 2.36. The minimum absolute atomic E-state index is 0.0469. The third-order valence-corrected chi connectivity index (χ3v) is 5.80. The second-order valence-corrected chi connectivity index (χ2v) is 7.97. The lowest BCUT2D eigenvalue weighted by Crippen LogP contribution is -2.47. The van der Waals surface area contributed by atoms with Gasteiger partial charge in [-0.3, -0.25) is 4.90 Å².